The molecule has 114 valence electrons. The first-order valence-electron chi connectivity index (χ1n) is 6.93. The molecule has 0 atom stereocenters. The van der Waals surface area contributed by atoms with Crippen molar-refractivity contribution in [2.75, 3.05) is 20.3 Å². The van der Waals surface area contributed by atoms with E-state index in [1.165, 1.54) is 0 Å². The van der Waals surface area contributed by atoms with E-state index in [0.29, 0.717) is 18.7 Å². The molecule has 0 aliphatic carbocycles. The van der Waals surface area contributed by atoms with Crippen molar-refractivity contribution in [3.8, 4) is 0 Å². The van der Waals surface area contributed by atoms with Gasteiger partial charge in [0, 0.05) is 29.9 Å². The van der Waals surface area contributed by atoms with Crippen LogP contribution in [0.25, 0.3) is 21.8 Å². The number of amides is 1. The summed E-state index contributed by atoms with van der Waals surface area (Å²) in [6.45, 7) is 0.710. The van der Waals surface area contributed by atoms with Crippen LogP contribution in [0.2, 0.25) is 0 Å². The number of nitrogens with one attached hydrogen (secondary N) is 2. The molecule has 7 heteroatoms. The number of aromatic amines is 1. The summed E-state index contributed by atoms with van der Waals surface area (Å²) in [4.78, 5) is 27.3. The van der Waals surface area contributed by atoms with Gasteiger partial charge in [-0.2, -0.15) is 5.10 Å². The number of fused-ring (bicyclic) bond motifs is 3. The van der Waals surface area contributed by atoms with Crippen molar-refractivity contribution in [3.05, 3.63) is 40.8 Å². The molecular formula is C15H16N4O3. The second kappa shape index (κ2) is 5.98. The Labute approximate surface area is 125 Å². The molecular weight excluding hydrogens is 284 g/mol. The average Bonchev–Trinajstić information content (AvgIpc) is 2.90. The molecule has 0 saturated carbocycles. The van der Waals surface area contributed by atoms with Gasteiger partial charge in [-0.15, -0.1) is 0 Å². The number of benzene rings is 1. The van der Waals surface area contributed by atoms with Crippen LogP contribution in [0.15, 0.2) is 35.3 Å². The molecule has 0 bridgehead atoms. The molecule has 7 nitrogen and oxygen atoms in total. The Bertz CT molecular complexity index is 881. The Kier molecular flexibility index (Phi) is 3.88. The van der Waals surface area contributed by atoms with Crippen LogP contribution in [0.4, 0.5) is 0 Å². The van der Waals surface area contributed by atoms with Gasteiger partial charge in [0.15, 0.2) is 0 Å². The summed E-state index contributed by atoms with van der Waals surface area (Å²) in [6.07, 6.45) is 1.61. The summed E-state index contributed by atoms with van der Waals surface area (Å²) < 4.78 is 6.01. The number of methoxy groups -OCH3 is 1. The summed E-state index contributed by atoms with van der Waals surface area (Å²) in [5.74, 6) is -0.276. The molecule has 3 aromatic rings. The van der Waals surface area contributed by atoms with E-state index >= 15 is 0 Å². The van der Waals surface area contributed by atoms with E-state index in [9.17, 15) is 9.59 Å². The van der Waals surface area contributed by atoms with Gasteiger partial charge in [0.2, 0.25) is 5.91 Å². The number of para-hydroxylation sites is 1. The summed E-state index contributed by atoms with van der Waals surface area (Å²) in [5.41, 5.74) is 1.02. The lowest BCUT2D eigenvalue weighted by Gasteiger charge is -2.06. The largest absolute Gasteiger partial charge is 0.383 e. The number of H-pyrrole nitrogens is 1. The van der Waals surface area contributed by atoms with Crippen molar-refractivity contribution in [1.82, 2.24) is 20.1 Å². The fourth-order valence-electron chi connectivity index (χ4n) is 2.37. The SMILES string of the molecule is COCCNC(=O)Cn1ncc2c([nH]c3ccccc32)c1=O. The van der Waals surface area contributed by atoms with Crippen LogP contribution < -0.4 is 10.9 Å². The Balaban J connectivity index is 1.92. The number of rotatable bonds is 5. The predicted octanol–water partition coefficient (Wildman–Crippen LogP) is 0.640. The van der Waals surface area contributed by atoms with Gasteiger partial charge in [-0.25, -0.2) is 4.68 Å². The number of nitrogens with zero attached hydrogens (tertiary/aromatic N) is 2. The van der Waals surface area contributed by atoms with Gasteiger partial charge in [-0.05, 0) is 6.07 Å². The van der Waals surface area contributed by atoms with Crippen LogP contribution in [0.3, 0.4) is 0 Å². The van der Waals surface area contributed by atoms with E-state index in [0.717, 1.165) is 21.0 Å². The molecule has 2 heterocycles. The zero-order chi connectivity index (χ0) is 15.5. The third kappa shape index (κ3) is 2.58. The number of carbonyl (C=O) groups is 1. The molecule has 0 spiro atoms. The number of hydrogen-bond donors (Lipinski definition) is 2. The minimum absolute atomic E-state index is 0.117. The van der Waals surface area contributed by atoms with Crippen LogP contribution in [0, 0.1) is 0 Å². The molecule has 2 aromatic heterocycles. The molecule has 0 aliphatic rings. The fourth-order valence-corrected chi connectivity index (χ4v) is 2.37. The van der Waals surface area contributed by atoms with E-state index in [-0.39, 0.29) is 18.0 Å². The van der Waals surface area contributed by atoms with Gasteiger partial charge in [-0.1, -0.05) is 18.2 Å². The number of carbonyl (C=O) groups excluding carboxylic acids is 1. The van der Waals surface area contributed by atoms with Crippen molar-refractivity contribution in [3.63, 3.8) is 0 Å². The van der Waals surface area contributed by atoms with Gasteiger partial charge in [-0.3, -0.25) is 9.59 Å². The number of aromatic nitrogens is 3. The second-order valence-electron chi connectivity index (χ2n) is 4.91. The Morgan fingerprint density at radius 3 is 3.00 bits per heavy atom. The minimum Gasteiger partial charge on any atom is -0.383 e. The molecule has 0 unspecified atom stereocenters. The zero-order valence-corrected chi connectivity index (χ0v) is 12.1. The summed E-state index contributed by atoms with van der Waals surface area (Å²) >= 11 is 0. The van der Waals surface area contributed by atoms with E-state index in [2.05, 4.69) is 15.4 Å². The number of ether oxygens (including phenoxy) is 1. The first-order chi connectivity index (χ1) is 10.7. The van der Waals surface area contributed by atoms with Gasteiger partial charge in [0.25, 0.3) is 5.56 Å². The van der Waals surface area contributed by atoms with E-state index in [1.807, 2.05) is 24.3 Å². The highest BCUT2D eigenvalue weighted by Crippen LogP contribution is 2.21. The lowest BCUT2D eigenvalue weighted by Crippen LogP contribution is -2.35. The molecule has 0 radical (unpaired) electrons. The Morgan fingerprint density at radius 2 is 2.18 bits per heavy atom. The minimum atomic E-state index is -0.310. The predicted molar refractivity (Wildman–Crippen MR) is 82.7 cm³/mol. The zero-order valence-electron chi connectivity index (χ0n) is 12.1. The first-order valence-corrected chi connectivity index (χ1v) is 6.93. The molecule has 1 aromatic carbocycles. The van der Waals surface area contributed by atoms with Crippen LogP contribution in [-0.4, -0.2) is 40.9 Å². The molecule has 0 fully saturated rings. The maximum Gasteiger partial charge on any atom is 0.291 e. The average molecular weight is 300 g/mol. The normalized spacial score (nSPS) is 11.1. The lowest BCUT2D eigenvalue weighted by molar-refractivity contribution is -0.122. The van der Waals surface area contributed by atoms with Crippen molar-refractivity contribution in [2.24, 2.45) is 0 Å². The fraction of sp³-hybridized carbons (Fsp3) is 0.267. The highest BCUT2D eigenvalue weighted by Gasteiger charge is 2.12. The van der Waals surface area contributed by atoms with Crippen molar-refractivity contribution in [2.45, 2.75) is 6.54 Å². The first kappa shape index (κ1) is 14.3. The summed E-state index contributed by atoms with van der Waals surface area (Å²) in [6, 6.07) is 7.63. The van der Waals surface area contributed by atoms with E-state index in [1.54, 1.807) is 13.3 Å². The van der Waals surface area contributed by atoms with Crippen molar-refractivity contribution >= 4 is 27.7 Å². The third-order valence-corrected chi connectivity index (χ3v) is 3.44. The van der Waals surface area contributed by atoms with Crippen LogP contribution in [0.1, 0.15) is 0 Å². The highest BCUT2D eigenvalue weighted by atomic mass is 16.5. The summed E-state index contributed by atoms with van der Waals surface area (Å²) in [7, 11) is 1.56. The standard InChI is InChI=1S/C15H16N4O3/c1-22-7-6-16-13(20)9-19-15(21)14-11(8-17-19)10-4-2-3-5-12(10)18-14/h2-5,8,18H,6-7,9H2,1H3,(H,16,20). The smallest absolute Gasteiger partial charge is 0.291 e. The van der Waals surface area contributed by atoms with Gasteiger partial charge >= 0.3 is 0 Å². The molecule has 1 amide bonds. The monoisotopic (exact) mass is 300 g/mol. The maximum absolute atomic E-state index is 12.4. The Hall–Kier alpha value is -2.67. The number of hydrogen-bond acceptors (Lipinski definition) is 4. The molecule has 3 rings (SSSR count). The van der Waals surface area contributed by atoms with Crippen LogP contribution in [0.5, 0.6) is 0 Å². The third-order valence-electron chi connectivity index (χ3n) is 3.44. The lowest BCUT2D eigenvalue weighted by atomic mass is 10.2. The van der Waals surface area contributed by atoms with Gasteiger partial charge < -0.3 is 15.0 Å². The van der Waals surface area contributed by atoms with Gasteiger partial charge in [0.1, 0.15) is 12.1 Å². The van der Waals surface area contributed by atoms with E-state index in [4.69, 9.17) is 4.74 Å². The topological polar surface area (TPSA) is 89.0 Å². The molecule has 0 saturated heterocycles. The second-order valence-corrected chi connectivity index (χ2v) is 4.91. The van der Waals surface area contributed by atoms with Crippen LogP contribution >= 0.6 is 0 Å². The highest BCUT2D eigenvalue weighted by molar-refractivity contribution is 6.06. The van der Waals surface area contributed by atoms with Crippen molar-refractivity contribution in [1.29, 1.82) is 0 Å². The molecule has 2 N–H and O–H groups in total. The Morgan fingerprint density at radius 1 is 1.36 bits per heavy atom. The van der Waals surface area contributed by atoms with E-state index < -0.39 is 0 Å². The van der Waals surface area contributed by atoms with Crippen LogP contribution in [-0.2, 0) is 16.1 Å². The van der Waals surface area contributed by atoms with Gasteiger partial charge in [0.05, 0.1) is 12.8 Å². The maximum atomic E-state index is 12.4. The quantitative estimate of drug-likeness (QED) is 0.677. The molecule has 0 aliphatic heterocycles. The summed E-state index contributed by atoms with van der Waals surface area (Å²) in [5, 5.41) is 8.45. The van der Waals surface area contributed by atoms with Crippen molar-refractivity contribution < 1.29 is 9.53 Å². The molecule has 22 heavy (non-hydrogen) atoms.